The molecule has 6 heteroatoms. The first kappa shape index (κ1) is 25.8. The van der Waals surface area contributed by atoms with Gasteiger partial charge in [0.15, 0.2) is 11.6 Å². The Hall–Kier alpha value is -3.25. The molecule has 0 aliphatic heterocycles. The summed E-state index contributed by atoms with van der Waals surface area (Å²) in [5, 5.41) is 0. The van der Waals surface area contributed by atoms with E-state index in [4.69, 9.17) is 14.2 Å². The molecule has 4 rings (SSSR count). The van der Waals surface area contributed by atoms with Crippen molar-refractivity contribution in [1.29, 1.82) is 0 Å². The highest BCUT2D eigenvalue weighted by atomic mass is 19.2. The molecule has 0 atom stereocenters. The average Bonchev–Trinajstić information content (AvgIpc) is 2.90. The van der Waals surface area contributed by atoms with Gasteiger partial charge in [0.1, 0.15) is 23.9 Å². The lowest BCUT2D eigenvalue weighted by atomic mass is 9.82. The van der Waals surface area contributed by atoms with Gasteiger partial charge in [0.05, 0.1) is 19.3 Å². The van der Waals surface area contributed by atoms with E-state index >= 15 is 4.39 Å². The standard InChI is InChI=1S/C30H31F3O3/c1-3-17-35-25-14-9-22(28(31)18-25)19-36-24-12-7-21(8-13-24)27-16-15-26(29(32)30(27)33)20-5-10-23(11-6-20)34-4-2/h3,5-6,9-11,14-16,18,21,24H,1,4,7-8,12-13,17,19H2,2H3. The smallest absolute Gasteiger partial charge is 0.166 e. The molecule has 0 bridgehead atoms. The van der Waals surface area contributed by atoms with Crippen LogP contribution in [0.3, 0.4) is 0 Å². The maximum absolute atomic E-state index is 15.1. The largest absolute Gasteiger partial charge is 0.494 e. The Balaban J connectivity index is 1.34. The molecule has 3 nitrogen and oxygen atoms in total. The fraction of sp³-hybridized carbons (Fsp3) is 0.333. The molecular formula is C30H31F3O3. The van der Waals surface area contributed by atoms with Crippen molar-refractivity contribution >= 4 is 0 Å². The third kappa shape index (κ3) is 6.11. The van der Waals surface area contributed by atoms with Gasteiger partial charge in [-0.15, -0.1) is 0 Å². The molecule has 0 spiro atoms. The average molecular weight is 497 g/mol. The van der Waals surface area contributed by atoms with Crippen LogP contribution >= 0.6 is 0 Å². The van der Waals surface area contributed by atoms with Crippen LogP contribution in [-0.2, 0) is 11.3 Å². The number of hydrogen-bond acceptors (Lipinski definition) is 3. The van der Waals surface area contributed by atoms with E-state index < -0.39 is 11.6 Å². The second-order valence-corrected chi connectivity index (χ2v) is 8.93. The highest BCUT2D eigenvalue weighted by Gasteiger charge is 2.27. The van der Waals surface area contributed by atoms with Gasteiger partial charge in [0.2, 0.25) is 0 Å². The number of benzene rings is 3. The van der Waals surface area contributed by atoms with Crippen molar-refractivity contribution in [2.75, 3.05) is 13.2 Å². The SMILES string of the molecule is C=CCOc1ccc(COC2CCC(c3ccc(-c4ccc(OCC)cc4)c(F)c3F)CC2)c(F)c1. The summed E-state index contributed by atoms with van der Waals surface area (Å²) in [6.07, 6.45) is 4.32. The second kappa shape index (κ2) is 12.1. The fourth-order valence-corrected chi connectivity index (χ4v) is 4.64. The van der Waals surface area contributed by atoms with Crippen LogP contribution in [0.15, 0.2) is 67.3 Å². The first-order chi connectivity index (χ1) is 17.5. The maximum atomic E-state index is 15.1. The van der Waals surface area contributed by atoms with Crippen LogP contribution in [-0.4, -0.2) is 19.3 Å². The lowest BCUT2D eigenvalue weighted by Crippen LogP contribution is -2.21. The van der Waals surface area contributed by atoms with Crippen molar-refractivity contribution in [3.63, 3.8) is 0 Å². The zero-order valence-electron chi connectivity index (χ0n) is 20.4. The van der Waals surface area contributed by atoms with E-state index in [9.17, 15) is 8.78 Å². The predicted molar refractivity (Wildman–Crippen MR) is 135 cm³/mol. The number of hydrogen-bond donors (Lipinski definition) is 0. The summed E-state index contributed by atoms with van der Waals surface area (Å²) in [5.74, 6) is -0.936. The van der Waals surface area contributed by atoms with Crippen molar-refractivity contribution in [1.82, 2.24) is 0 Å². The van der Waals surface area contributed by atoms with Crippen molar-refractivity contribution in [3.05, 3.63) is 95.8 Å². The lowest BCUT2D eigenvalue weighted by Gasteiger charge is -2.29. The fourth-order valence-electron chi connectivity index (χ4n) is 4.64. The zero-order chi connectivity index (χ0) is 25.5. The minimum atomic E-state index is -0.828. The van der Waals surface area contributed by atoms with E-state index in [1.165, 1.54) is 6.07 Å². The predicted octanol–water partition coefficient (Wildman–Crippen LogP) is 7.98. The third-order valence-electron chi connectivity index (χ3n) is 6.57. The molecule has 3 aromatic rings. The van der Waals surface area contributed by atoms with E-state index in [0.717, 1.165) is 0 Å². The van der Waals surface area contributed by atoms with Crippen LogP contribution in [0.4, 0.5) is 13.2 Å². The maximum Gasteiger partial charge on any atom is 0.166 e. The first-order valence-electron chi connectivity index (χ1n) is 12.3. The van der Waals surface area contributed by atoms with Gasteiger partial charge in [-0.2, -0.15) is 0 Å². The number of ether oxygens (including phenoxy) is 3. The minimum Gasteiger partial charge on any atom is -0.494 e. The van der Waals surface area contributed by atoms with Crippen LogP contribution in [0, 0.1) is 17.5 Å². The molecule has 0 saturated heterocycles. The molecule has 0 unspecified atom stereocenters. The van der Waals surface area contributed by atoms with Gasteiger partial charge in [0.25, 0.3) is 0 Å². The Bertz CT molecular complexity index is 1170. The highest BCUT2D eigenvalue weighted by Crippen LogP contribution is 2.38. The topological polar surface area (TPSA) is 27.7 Å². The summed E-state index contributed by atoms with van der Waals surface area (Å²) in [4.78, 5) is 0. The van der Waals surface area contributed by atoms with Crippen LogP contribution in [0.2, 0.25) is 0 Å². The minimum absolute atomic E-state index is 0.0478. The Morgan fingerprint density at radius 2 is 1.58 bits per heavy atom. The summed E-state index contributed by atoms with van der Waals surface area (Å²) in [6.45, 7) is 6.47. The van der Waals surface area contributed by atoms with Gasteiger partial charge in [-0.3, -0.25) is 0 Å². The zero-order valence-corrected chi connectivity index (χ0v) is 20.4. The molecule has 0 amide bonds. The Morgan fingerprint density at radius 1 is 0.861 bits per heavy atom. The molecule has 0 radical (unpaired) electrons. The number of rotatable bonds is 10. The molecule has 0 heterocycles. The van der Waals surface area contributed by atoms with Gasteiger partial charge in [-0.25, -0.2) is 13.2 Å². The lowest BCUT2D eigenvalue weighted by molar-refractivity contribution is 0.0118. The van der Waals surface area contributed by atoms with Crippen LogP contribution in [0.5, 0.6) is 11.5 Å². The van der Waals surface area contributed by atoms with Gasteiger partial charge in [-0.05, 0) is 67.9 Å². The molecule has 1 aliphatic carbocycles. The summed E-state index contributed by atoms with van der Waals surface area (Å²) in [6, 6.07) is 15.0. The molecule has 36 heavy (non-hydrogen) atoms. The second-order valence-electron chi connectivity index (χ2n) is 8.93. The van der Waals surface area contributed by atoms with Crippen LogP contribution < -0.4 is 9.47 Å². The summed E-state index contributed by atoms with van der Waals surface area (Å²) < 4.78 is 61.1. The van der Waals surface area contributed by atoms with Crippen LogP contribution in [0.25, 0.3) is 11.1 Å². The molecule has 3 aromatic carbocycles. The van der Waals surface area contributed by atoms with Gasteiger partial charge in [0, 0.05) is 17.2 Å². The number of halogens is 3. The first-order valence-corrected chi connectivity index (χ1v) is 12.3. The quantitative estimate of drug-likeness (QED) is 0.266. The van der Waals surface area contributed by atoms with Crippen molar-refractivity contribution in [2.24, 2.45) is 0 Å². The summed E-state index contributed by atoms with van der Waals surface area (Å²) in [5.41, 5.74) is 1.70. The summed E-state index contributed by atoms with van der Waals surface area (Å²) in [7, 11) is 0. The molecule has 0 N–H and O–H groups in total. The molecule has 1 aliphatic rings. The van der Waals surface area contributed by atoms with Gasteiger partial charge >= 0.3 is 0 Å². The van der Waals surface area contributed by atoms with Gasteiger partial charge < -0.3 is 14.2 Å². The normalized spacial score (nSPS) is 17.6. The van der Waals surface area contributed by atoms with E-state index in [-0.39, 0.29) is 30.0 Å². The van der Waals surface area contributed by atoms with Crippen LogP contribution in [0.1, 0.15) is 49.7 Å². The van der Waals surface area contributed by atoms with Crippen molar-refractivity contribution < 1.29 is 27.4 Å². The van der Waals surface area contributed by atoms with E-state index in [1.807, 2.05) is 6.92 Å². The molecule has 1 fully saturated rings. The Morgan fingerprint density at radius 3 is 2.25 bits per heavy atom. The van der Waals surface area contributed by atoms with E-state index in [1.54, 1.807) is 54.6 Å². The molecule has 0 aromatic heterocycles. The molecular weight excluding hydrogens is 465 g/mol. The third-order valence-corrected chi connectivity index (χ3v) is 6.57. The van der Waals surface area contributed by atoms with E-state index in [0.29, 0.717) is 67.1 Å². The molecule has 190 valence electrons. The van der Waals surface area contributed by atoms with Gasteiger partial charge in [-0.1, -0.05) is 43.0 Å². The van der Waals surface area contributed by atoms with E-state index in [2.05, 4.69) is 6.58 Å². The molecule has 1 saturated carbocycles. The van der Waals surface area contributed by atoms with Crippen molar-refractivity contribution in [2.45, 2.75) is 51.2 Å². The van der Waals surface area contributed by atoms with Crippen molar-refractivity contribution in [3.8, 4) is 22.6 Å². The monoisotopic (exact) mass is 496 g/mol. The summed E-state index contributed by atoms with van der Waals surface area (Å²) >= 11 is 0. The Kier molecular flexibility index (Phi) is 8.70. The highest BCUT2D eigenvalue weighted by molar-refractivity contribution is 5.65. The Labute approximate surface area is 210 Å².